The van der Waals surface area contributed by atoms with Crippen LogP contribution in [-0.2, 0) is 6.54 Å². The van der Waals surface area contributed by atoms with E-state index in [1.807, 2.05) is 6.92 Å². The van der Waals surface area contributed by atoms with Gasteiger partial charge in [0.25, 0.3) is 0 Å². The van der Waals surface area contributed by atoms with Crippen LogP contribution in [0.3, 0.4) is 0 Å². The third kappa shape index (κ3) is 1.48. The van der Waals surface area contributed by atoms with Gasteiger partial charge in [-0.1, -0.05) is 10.3 Å². The summed E-state index contributed by atoms with van der Waals surface area (Å²) in [6.45, 7) is 2.25. The highest BCUT2D eigenvalue weighted by atomic mass is 16.5. The topological polar surface area (TPSA) is 95.7 Å². The Morgan fingerprint density at radius 3 is 3.00 bits per heavy atom. The van der Waals surface area contributed by atoms with Gasteiger partial charge < -0.3 is 10.3 Å². The Kier molecular flexibility index (Phi) is 1.69. The summed E-state index contributed by atoms with van der Waals surface area (Å²) in [5.74, 6) is 1.02. The molecule has 13 heavy (non-hydrogen) atoms. The van der Waals surface area contributed by atoms with Gasteiger partial charge in [0, 0.05) is 6.07 Å². The number of hydrogen-bond acceptors (Lipinski definition) is 6. The molecule has 2 rings (SSSR count). The molecule has 0 aromatic carbocycles. The number of aryl methyl sites for hydroxylation is 1. The number of hydrogen-bond donors (Lipinski definition) is 1. The van der Waals surface area contributed by atoms with Gasteiger partial charge in [0.1, 0.15) is 11.5 Å². The first-order chi connectivity index (χ1) is 6.25. The zero-order valence-corrected chi connectivity index (χ0v) is 7.01. The van der Waals surface area contributed by atoms with E-state index in [-0.39, 0.29) is 5.95 Å². The van der Waals surface area contributed by atoms with Gasteiger partial charge in [-0.2, -0.15) is 0 Å². The molecular formula is C6H8N6O. The molecule has 0 unspecified atom stereocenters. The van der Waals surface area contributed by atoms with Gasteiger partial charge in [-0.3, -0.25) is 0 Å². The van der Waals surface area contributed by atoms with Crippen LogP contribution in [-0.4, -0.2) is 25.4 Å². The van der Waals surface area contributed by atoms with Gasteiger partial charge in [-0.15, -0.1) is 0 Å². The van der Waals surface area contributed by atoms with Crippen LogP contribution < -0.4 is 5.73 Å². The van der Waals surface area contributed by atoms with Crippen molar-refractivity contribution in [2.24, 2.45) is 0 Å². The van der Waals surface area contributed by atoms with E-state index < -0.39 is 0 Å². The summed E-state index contributed by atoms with van der Waals surface area (Å²) in [6, 6.07) is 1.81. The molecule has 0 aliphatic carbocycles. The highest BCUT2D eigenvalue weighted by Gasteiger charge is 2.05. The molecule has 0 aliphatic heterocycles. The molecule has 7 heteroatoms. The number of nitrogen functional groups attached to an aromatic ring is 1. The number of nitrogens with two attached hydrogens (primary N) is 1. The van der Waals surface area contributed by atoms with Crippen molar-refractivity contribution in [3.8, 4) is 0 Å². The van der Waals surface area contributed by atoms with Gasteiger partial charge in [-0.25, -0.2) is 4.68 Å². The van der Waals surface area contributed by atoms with Crippen molar-refractivity contribution in [3.63, 3.8) is 0 Å². The Hall–Kier alpha value is -1.92. The lowest BCUT2D eigenvalue weighted by Gasteiger charge is -1.94. The normalized spacial score (nSPS) is 10.5. The Bertz CT molecular complexity index is 405. The lowest BCUT2D eigenvalue weighted by Crippen LogP contribution is -2.06. The van der Waals surface area contributed by atoms with Crippen LogP contribution in [0.15, 0.2) is 10.6 Å². The Morgan fingerprint density at radius 2 is 2.46 bits per heavy atom. The highest BCUT2D eigenvalue weighted by Crippen LogP contribution is 2.04. The third-order valence-electron chi connectivity index (χ3n) is 1.55. The first-order valence-electron chi connectivity index (χ1n) is 3.69. The molecule has 2 aromatic heterocycles. The predicted octanol–water partition coefficient (Wildman–Crippen LogP) is -0.400. The molecule has 7 nitrogen and oxygen atoms in total. The van der Waals surface area contributed by atoms with Crippen molar-refractivity contribution >= 4 is 5.95 Å². The molecule has 0 fully saturated rings. The van der Waals surface area contributed by atoms with Crippen LogP contribution >= 0.6 is 0 Å². The summed E-state index contributed by atoms with van der Waals surface area (Å²) in [5, 5.41) is 14.4. The summed E-state index contributed by atoms with van der Waals surface area (Å²) < 4.78 is 6.32. The van der Waals surface area contributed by atoms with E-state index in [0.29, 0.717) is 6.54 Å². The SMILES string of the molecule is Cc1cc(Cn2nnnc2N)no1. The van der Waals surface area contributed by atoms with Crippen molar-refractivity contribution in [3.05, 3.63) is 17.5 Å². The molecule has 0 saturated heterocycles. The number of aromatic nitrogens is 5. The minimum Gasteiger partial charge on any atom is -0.367 e. The maximum Gasteiger partial charge on any atom is 0.240 e. The van der Waals surface area contributed by atoms with Crippen molar-refractivity contribution in [1.82, 2.24) is 25.4 Å². The number of nitrogens with zero attached hydrogens (tertiary/aromatic N) is 5. The van der Waals surface area contributed by atoms with Crippen LogP contribution in [0.25, 0.3) is 0 Å². The zero-order chi connectivity index (χ0) is 9.26. The fraction of sp³-hybridized carbons (Fsp3) is 0.333. The van der Waals surface area contributed by atoms with E-state index in [4.69, 9.17) is 10.3 Å². The number of tetrazole rings is 1. The fourth-order valence-corrected chi connectivity index (χ4v) is 0.970. The Labute approximate surface area is 73.5 Å². The lowest BCUT2D eigenvalue weighted by molar-refractivity contribution is 0.387. The maximum absolute atomic E-state index is 5.46. The Balaban J connectivity index is 2.19. The molecule has 68 valence electrons. The van der Waals surface area contributed by atoms with Crippen molar-refractivity contribution in [1.29, 1.82) is 0 Å². The standard InChI is InChI=1S/C6H8N6O/c1-4-2-5(9-13-4)3-12-6(7)8-10-11-12/h2H,3H2,1H3,(H2,7,8,11). The molecule has 2 heterocycles. The summed E-state index contributed by atoms with van der Waals surface area (Å²) in [4.78, 5) is 0. The maximum atomic E-state index is 5.46. The van der Waals surface area contributed by atoms with E-state index in [2.05, 4.69) is 20.7 Å². The number of anilines is 1. The van der Waals surface area contributed by atoms with Crippen LogP contribution in [0.2, 0.25) is 0 Å². The minimum absolute atomic E-state index is 0.264. The van der Waals surface area contributed by atoms with Crippen molar-refractivity contribution in [2.75, 3.05) is 5.73 Å². The summed E-state index contributed by atoms with van der Waals surface area (Å²) >= 11 is 0. The Morgan fingerprint density at radius 1 is 1.62 bits per heavy atom. The van der Waals surface area contributed by atoms with E-state index in [9.17, 15) is 0 Å². The largest absolute Gasteiger partial charge is 0.367 e. The van der Waals surface area contributed by atoms with Crippen LogP contribution in [0.5, 0.6) is 0 Å². The first kappa shape index (κ1) is 7.71. The molecule has 0 saturated carbocycles. The summed E-state index contributed by atoms with van der Waals surface area (Å²) in [6.07, 6.45) is 0. The van der Waals surface area contributed by atoms with Crippen molar-refractivity contribution < 1.29 is 4.52 Å². The van der Waals surface area contributed by atoms with Gasteiger partial charge in [-0.05, 0) is 17.4 Å². The predicted molar refractivity (Wildman–Crippen MR) is 42.6 cm³/mol. The van der Waals surface area contributed by atoms with Gasteiger partial charge >= 0.3 is 0 Å². The highest BCUT2D eigenvalue weighted by molar-refractivity contribution is 5.13. The molecule has 0 spiro atoms. The first-order valence-corrected chi connectivity index (χ1v) is 3.69. The van der Waals surface area contributed by atoms with Crippen LogP contribution in [0.1, 0.15) is 11.5 Å². The van der Waals surface area contributed by atoms with Crippen LogP contribution in [0.4, 0.5) is 5.95 Å². The second kappa shape index (κ2) is 2.85. The van der Waals surface area contributed by atoms with Crippen LogP contribution in [0, 0.1) is 6.92 Å². The summed E-state index contributed by atoms with van der Waals surface area (Å²) in [5.41, 5.74) is 6.21. The number of rotatable bonds is 2. The average molecular weight is 180 g/mol. The quantitative estimate of drug-likeness (QED) is 0.675. The third-order valence-corrected chi connectivity index (χ3v) is 1.55. The average Bonchev–Trinajstić information content (AvgIpc) is 2.64. The second-order valence-corrected chi connectivity index (χ2v) is 2.62. The zero-order valence-electron chi connectivity index (χ0n) is 7.01. The lowest BCUT2D eigenvalue weighted by atomic mass is 10.4. The molecule has 2 aromatic rings. The minimum atomic E-state index is 0.264. The molecule has 0 amide bonds. The second-order valence-electron chi connectivity index (χ2n) is 2.62. The van der Waals surface area contributed by atoms with E-state index in [1.54, 1.807) is 6.07 Å². The molecule has 0 radical (unpaired) electrons. The van der Waals surface area contributed by atoms with E-state index >= 15 is 0 Å². The van der Waals surface area contributed by atoms with Crippen molar-refractivity contribution in [2.45, 2.75) is 13.5 Å². The van der Waals surface area contributed by atoms with Gasteiger partial charge in [0.05, 0.1) is 6.54 Å². The molecule has 0 aliphatic rings. The molecule has 2 N–H and O–H groups in total. The van der Waals surface area contributed by atoms with E-state index in [0.717, 1.165) is 11.5 Å². The molecule has 0 atom stereocenters. The monoisotopic (exact) mass is 180 g/mol. The van der Waals surface area contributed by atoms with E-state index in [1.165, 1.54) is 4.68 Å². The molecule has 0 bridgehead atoms. The smallest absolute Gasteiger partial charge is 0.240 e. The van der Waals surface area contributed by atoms with Gasteiger partial charge in [0.15, 0.2) is 0 Å². The summed E-state index contributed by atoms with van der Waals surface area (Å²) in [7, 11) is 0. The fourth-order valence-electron chi connectivity index (χ4n) is 0.970. The van der Waals surface area contributed by atoms with Gasteiger partial charge in [0.2, 0.25) is 5.95 Å². The molecular weight excluding hydrogens is 172 g/mol.